The Hall–Kier alpha value is -14.4. The summed E-state index contributed by atoms with van der Waals surface area (Å²) in [6.07, 6.45) is 35.6. The lowest BCUT2D eigenvalue weighted by atomic mass is 9.85. The molecule has 0 bridgehead atoms. The Morgan fingerprint density at radius 3 is 1.13 bits per heavy atom. The van der Waals surface area contributed by atoms with Crippen LogP contribution in [0.3, 0.4) is 0 Å². The molecule has 0 aliphatic heterocycles. The summed E-state index contributed by atoms with van der Waals surface area (Å²) in [4.78, 5) is 48.3. The molecular weight excluding hydrogens is 1590 g/mol. The summed E-state index contributed by atoms with van der Waals surface area (Å²) in [5.74, 6) is 0.883. The number of methoxy groups -OCH3 is 1. The number of aromatic nitrogens is 14. The van der Waals surface area contributed by atoms with E-state index in [1.54, 1.807) is 43.5 Å². The number of aliphatic hydroxyl groups excluding tert-OH is 2. The van der Waals surface area contributed by atoms with Gasteiger partial charge < -0.3 is 55.1 Å². The highest BCUT2D eigenvalue weighted by molar-refractivity contribution is 6.12. The van der Waals surface area contributed by atoms with Crippen molar-refractivity contribution in [3.63, 3.8) is 0 Å². The van der Waals surface area contributed by atoms with E-state index in [0.717, 1.165) is 164 Å². The number of nitrogens with one attached hydrogen (secondary N) is 5. The maximum absolute atomic E-state index is 9.64. The molecule has 0 amide bonds. The van der Waals surface area contributed by atoms with Crippen molar-refractivity contribution in [1.82, 2.24) is 70.2 Å². The van der Waals surface area contributed by atoms with Crippen molar-refractivity contribution in [3.8, 4) is 79.5 Å². The van der Waals surface area contributed by atoms with E-state index in [4.69, 9.17) is 9.72 Å². The lowest BCUT2D eigenvalue weighted by Gasteiger charge is -2.25. The third kappa shape index (κ3) is 15.3. The maximum atomic E-state index is 9.64. The van der Waals surface area contributed by atoms with Crippen molar-refractivity contribution in [2.24, 2.45) is 0 Å². The van der Waals surface area contributed by atoms with Crippen LogP contribution in [0.1, 0.15) is 126 Å². The summed E-state index contributed by atoms with van der Waals surface area (Å²) >= 11 is 0. The van der Waals surface area contributed by atoms with E-state index < -0.39 is 0 Å². The van der Waals surface area contributed by atoms with Crippen LogP contribution in [0.2, 0.25) is 0 Å². The molecule has 0 atom stereocenters. The van der Waals surface area contributed by atoms with Crippen molar-refractivity contribution < 1.29 is 30.3 Å². The molecule has 638 valence electrons. The standard InChI is InChI=1S/C25H27N3O2.C22H20N2O.C21H18N2O.C20H18N4O.C19H16N4O/c29-15-13-28(14-16-30)18-7-5-17(6-8-18)25-20-4-2-1-3-19(20)24-21-11-12-26-22(21)9-10-23(24)27-25;25-15-8-6-14(7-9-15)22-17-5-3-1-2-4-16(17)21-18-12-13-23-19(18)10-11-20(21)24-22;24-15-8-5-13(6-9-15)20-17-4-2-1-3-16(17)19-18(23-20)10-7-14-11-12-22-21(14)19;1-25-20-22-10-12(11-23-20)19-14-5-3-2-4-13(14)18-15-8-9-21-16(15)6-7-17(18)24-19;24-12-7-5-11(6-8-12)18-14-4-2-1-3-13(14)17-15(20-18)9-10-16-19(17)22-23-21-16/h5-12,27,29-30H,1-4,13-16H2;6-13,24-25H,1-5H2;5-12,23-24H,1-4H2;6-11,24H,2-5H2,1H3;5-10,24H,1-4H2,(H,21,22,23). The highest BCUT2D eigenvalue weighted by Gasteiger charge is 2.28. The molecule has 0 spiro atoms. The number of anilines is 1. The lowest BCUT2D eigenvalue weighted by molar-refractivity contribution is 0.281. The maximum Gasteiger partial charge on any atom is 0.316 e. The summed E-state index contributed by atoms with van der Waals surface area (Å²) in [5, 5.41) is 70.1. The molecule has 21 nitrogen and oxygen atoms in total. The smallest absolute Gasteiger partial charge is 0.316 e. The molecule has 5 aliphatic rings. The fourth-order valence-corrected chi connectivity index (χ4v) is 20.9. The first-order chi connectivity index (χ1) is 63.1. The fourth-order valence-electron chi connectivity index (χ4n) is 20.9. The van der Waals surface area contributed by atoms with Crippen LogP contribution < -0.4 is 9.64 Å². The van der Waals surface area contributed by atoms with E-state index in [-0.39, 0.29) is 19.0 Å². The first kappa shape index (κ1) is 80.7. The second-order valence-electron chi connectivity index (χ2n) is 34.3. The van der Waals surface area contributed by atoms with Crippen LogP contribution in [0.5, 0.6) is 23.3 Å². The van der Waals surface area contributed by atoms with E-state index in [0.29, 0.717) is 30.6 Å². The molecular formula is C107H99N15O6. The molecule has 11 aromatic heterocycles. The Labute approximate surface area is 738 Å². The number of phenolic OH excluding ortho intramolecular Hbond substituents is 3. The number of pyridine rings is 5. The number of phenols is 3. The quantitative estimate of drug-likeness (QED) is 0.0538. The molecule has 0 fully saturated rings. The molecule has 25 rings (SSSR count). The number of nitrogens with zero attached hydrogens (tertiary/aromatic N) is 10. The van der Waals surface area contributed by atoms with Crippen LogP contribution in [0.4, 0.5) is 5.69 Å². The number of H-pyrrole nitrogens is 5. The number of benzene rings is 9. The largest absolute Gasteiger partial charge is 0.508 e. The van der Waals surface area contributed by atoms with Gasteiger partial charge in [-0.25, -0.2) is 15.0 Å². The Balaban J connectivity index is 0.0000000974. The van der Waals surface area contributed by atoms with Gasteiger partial charge in [0.25, 0.3) is 0 Å². The van der Waals surface area contributed by atoms with Crippen LogP contribution in [0, 0.1) is 0 Å². The zero-order valence-corrected chi connectivity index (χ0v) is 71.6. The van der Waals surface area contributed by atoms with Crippen molar-refractivity contribution in [2.75, 3.05) is 38.3 Å². The Morgan fingerprint density at radius 1 is 0.312 bits per heavy atom. The molecule has 5 aliphatic carbocycles. The second-order valence-corrected chi connectivity index (χ2v) is 34.3. The molecule has 0 radical (unpaired) electrons. The highest BCUT2D eigenvalue weighted by Crippen LogP contribution is 2.45. The van der Waals surface area contributed by atoms with Gasteiger partial charge in [-0.05, 0) is 365 Å². The van der Waals surface area contributed by atoms with Gasteiger partial charge in [0, 0.05) is 155 Å². The van der Waals surface area contributed by atoms with Crippen LogP contribution in [0.15, 0.2) is 219 Å². The summed E-state index contributed by atoms with van der Waals surface area (Å²) in [7, 11) is 1.58. The first-order valence-corrected chi connectivity index (χ1v) is 45.2. The first-order valence-electron chi connectivity index (χ1n) is 45.2. The fraction of sp³-hybridized carbons (Fsp3) is 0.243. The van der Waals surface area contributed by atoms with Crippen LogP contribution >= 0.6 is 0 Å². The minimum Gasteiger partial charge on any atom is -0.508 e. The van der Waals surface area contributed by atoms with E-state index in [2.05, 4.69) is 162 Å². The minimum atomic E-state index is 0.0682. The van der Waals surface area contributed by atoms with E-state index in [1.165, 1.54) is 198 Å². The Bertz CT molecular complexity index is 7360. The lowest BCUT2D eigenvalue weighted by Crippen LogP contribution is -2.29. The van der Waals surface area contributed by atoms with Gasteiger partial charge in [-0.3, -0.25) is 19.9 Å². The molecule has 9 aromatic carbocycles. The minimum absolute atomic E-state index is 0.0682. The van der Waals surface area contributed by atoms with Crippen LogP contribution in [0.25, 0.3) is 165 Å². The number of aliphatic hydroxyl groups is 2. The summed E-state index contributed by atoms with van der Waals surface area (Å²) < 4.78 is 5.09. The van der Waals surface area contributed by atoms with Gasteiger partial charge in [-0.2, -0.15) is 15.4 Å². The molecule has 0 unspecified atom stereocenters. The number of aromatic hydroxyl groups is 3. The Morgan fingerprint density at radius 2 is 0.680 bits per heavy atom. The molecule has 11 heterocycles. The van der Waals surface area contributed by atoms with Gasteiger partial charge in [-0.1, -0.05) is 24.6 Å². The van der Waals surface area contributed by atoms with Gasteiger partial charge in [0.15, 0.2) is 0 Å². The predicted octanol–water partition coefficient (Wildman–Crippen LogP) is 22.2. The molecule has 10 N–H and O–H groups in total. The third-order valence-electron chi connectivity index (χ3n) is 26.8. The average Bonchev–Trinajstić information content (AvgIpc) is 1.73. The number of aromatic amines is 5. The van der Waals surface area contributed by atoms with Crippen LogP contribution in [-0.4, -0.2) is 129 Å². The third-order valence-corrected chi connectivity index (χ3v) is 26.8. The normalized spacial score (nSPS) is 14.1. The summed E-state index contributed by atoms with van der Waals surface area (Å²) in [5.41, 5.74) is 38.1. The number of rotatable bonds is 11. The molecule has 0 saturated carbocycles. The summed E-state index contributed by atoms with van der Waals surface area (Å²) in [6.45, 7) is 1.17. The second kappa shape index (κ2) is 35.2. The van der Waals surface area contributed by atoms with Gasteiger partial charge in [-0.15, -0.1) is 0 Å². The van der Waals surface area contributed by atoms with Gasteiger partial charge in [0.1, 0.15) is 28.3 Å². The van der Waals surface area contributed by atoms with Crippen molar-refractivity contribution in [2.45, 2.75) is 135 Å². The molecule has 0 saturated heterocycles. The zero-order chi connectivity index (χ0) is 86.3. The van der Waals surface area contributed by atoms with E-state index >= 15 is 0 Å². The number of aryl methyl sites for hydroxylation is 5. The topological polar surface area (TPSA) is 309 Å². The van der Waals surface area contributed by atoms with Gasteiger partial charge in [0.05, 0.1) is 59.3 Å². The van der Waals surface area contributed by atoms with Crippen molar-refractivity contribution in [1.29, 1.82) is 0 Å². The molecule has 21 heteroatoms. The molecule has 128 heavy (non-hydrogen) atoms. The molecule has 20 aromatic rings. The number of hydrogen-bond acceptors (Lipinski definition) is 16. The Kier molecular flexibility index (Phi) is 22.2. The number of fused-ring (bicyclic) bond motifs is 25. The zero-order valence-electron chi connectivity index (χ0n) is 71.6. The van der Waals surface area contributed by atoms with E-state index in [9.17, 15) is 25.5 Å². The highest BCUT2D eigenvalue weighted by atomic mass is 16.5. The van der Waals surface area contributed by atoms with Gasteiger partial charge >= 0.3 is 6.01 Å². The van der Waals surface area contributed by atoms with Crippen molar-refractivity contribution >= 4 is 115 Å². The average molecular weight is 1690 g/mol. The SMILES string of the molecule is COc1ncc(-c2[nH]c3ccc4nccc4c3c3c2CCCC3)cn1.OCCN(CCO)c1ccc(-c2[nH]c3ccc4nccc4c3c3c2CCCC3)cc1.Oc1ccc(-c2[nH]c3ccc4ccnc4c3c3c2CCCC3)cc1.Oc1ccc(-c2[nH]c3ccc4nccc4c3c3c2CCCCC3)cc1.Oc1ccc(-c2nc3ccc4n[nH]nc4c3c3c2CCCC3)cc1. The monoisotopic (exact) mass is 1690 g/mol. The van der Waals surface area contributed by atoms with Gasteiger partial charge in [0.2, 0.25) is 0 Å². The summed E-state index contributed by atoms with van der Waals surface area (Å²) in [6, 6.07) is 60.6. The van der Waals surface area contributed by atoms with Crippen LogP contribution in [-0.2, 0) is 64.2 Å². The van der Waals surface area contributed by atoms with E-state index in [1.807, 2.05) is 90.6 Å². The number of ether oxygens (including phenoxy) is 1. The number of hydrogen-bond donors (Lipinski definition) is 10. The predicted molar refractivity (Wildman–Crippen MR) is 512 cm³/mol. The van der Waals surface area contributed by atoms with Crippen molar-refractivity contribution in [3.05, 3.63) is 275 Å².